The maximum Gasteiger partial charge on any atom is 0.264 e. The number of carbonyl (C=O) groups is 2. The van der Waals surface area contributed by atoms with E-state index in [0.29, 0.717) is 23.4 Å². The molecule has 230 valence electrons. The number of halogens is 1. The maximum absolute atomic E-state index is 14.4. The van der Waals surface area contributed by atoms with Crippen molar-refractivity contribution in [2.75, 3.05) is 17.4 Å². The van der Waals surface area contributed by atoms with Crippen LogP contribution in [0.3, 0.4) is 0 Å². The number of benzene rings is 4. The van der Waals surface area contributed by atoms with Gasteiger partial charge in [0.2, 0.25) is 11.8 Å². The van der Waals surface area contributed by atoms with Crippen LogP contribution in [-0.4, -0.2) is 44.3 Å². The lowest BCUT2D eigenvalue weighted by Crippen LogP contribution is -2.53. The van der Waals surface area contributed by atoms with E-state index in [0.717, 1.165) is 22.7 Å². The first kappa shape index (κ1) is 32.4. The molecule has 0 spiro atoms. The molecule has 4 aromatic carbocycles. The Balaban J connectivity index is 1.78. The largest absolute Gasteiger partial charge is 0.354 e. The molecule has 4 aromatic rings. The number of nitrogens with zero attached hydrogens (tertiary/aromatic N) is 2. The lowest BCUT2D eigenvalue weighted by Gasteiger charge is -2.34. The molecule has 0 saturated heterocycles. The summed E-state index contributed by atoms with van der Waals surface area (Å²) in [5, 5.41) is 2.96. The van der Waals surface area contributed by atoms with Gasteiger partial charge in [-0.25, -0.2) is 12.8 Å². The van der Waals surface area contributed by atoms with Crippen molar-refractivity contribution in [2.45, 2.75) is 50.6 Å². The molecule has 9 heteroatoms. The monoisotopic (exact) mass is 615 g/mol. The zero-order valence-corrected chi connectivity index (χ0v) is 25.8. The first-order chi connectivity index (χ1) is 21.2. The smallest absolute Gasteiger partial charge is 0.264 e. The molecule has 0 aliphatic rings. The predicted molar refractivity (Wildman–Crippen MR) is 171 cm³/mol. The van der Waals surface area contributed by atoms with Gasteiger partial charge in [0, 0.05) is 19.5 Å². The van der Waals surface area contributed by atoms with Crippen molar-refractivity contribution in [2.24, 2.45) is 0 Å². The fourth-order valence-corrected chi connectivity index (χ4v) is 6.42. The van der Waals surface area contributed by atoms with Crippen molar-refractivity contribution in [1.29, 1.82) is 0 Å². The van der Waals surface area contributed by atoms with Crippen LogP contribution in [-0.2, 0) is 32.6 Å². The van der Waals surface area contributed by atoms with Crippen LogP contribution in [0, 0.1) is 12.7 Å². The molecule has 0 heterocycles. The average Bonchev–Trinajstić information content (AvgIpc) is 3.03. The third-order valence-corrected chi connectivity index (χ3v) is 9.14. The number of amides is 2. The van der Waals surface area contributed by atoms with Crippen molar-refractivity contribution in [3.8, 4) is 0 Å². The molecule has 0 bridgehead atoms. The van der Waals surface area contributed by atoms with Gasteiger partial charge in [-0.3, -0.25) is 13.9 Å². The van der Waals surface area contributed by atoms with Crippen LogP contribution in [0.15, 0.2) is 114 Å². The number of sulfonamides is 1. The van der Waals surface area contributed by atoms with E-state index in [-0.39, 0.29) is 23.8 Å². The summed E-state index contributed by atoms with van der Waals surface area (Å²) in [5.41, 5.74) is 2.47. The molecule has 0 radical (unpaired) electrons. The van der Waals surface area contributed by atoms with Crippen molar-refractivity contribution < 1.29 is 22.4 Å². The second-order valence-corrected chi connectivity index (χ2v) is 12.5. The summed E-state index contributed by atoms with van der Waals surface area (Å²) in [6, 6.07) is 29.0. The lowest BCUT2D eigenvalue weighted by atomic mass is 10.0. The molecule has 0 fully saturated rings. The van der Waals surface area contributed by atoms with E-state index < -0.39 is 34.3 Å². The highest BCUT2D eigenvalue weighted by atomic mass is 32.2. The van der Waals surface area contributed by atoms with Crippen molar-refractivity contribution >= 4 is 27.5 Å². The van der Waals surface area contributed by atoms with Gasteiger partial charge in [-0.1, -0.05) is 92.2 Å². The molecule has 0 aliphatic carbocycles. The van der Waals surface area contributed by atoms with E-state index in [4.69, 9.17) is 0 Å². The molecule has 44 heavy (non-hydrogen) atoms. The summed E-state index contributed by atoms with van der Waals surface area (Å²) in [4.78, 5) is 29.6. The SMILES string of the molecule is CCCCNC(=O)C(Cc1ccccc1)N(Cc1ccc(F)cc1)C(=O)CN(c1ccccc1C)S(=O)(=O)c1ccccc1. The number of hydrogen-bond donors (Lipinski definition) is 1. The topological polar surface area (TPSA) is 86.8 Å². The number of hydrogen-bond acceptors (Lipinski definition) is 4. The van der Waals surface area contributed by atoms with E-state index in [9.17, 15) is 22.4 Å². The fraction of sp³-hybridized carbons (Fsp3) is 0.257. The number of aryl methyl sites for hydroxylation is 1. The molecule has 1 unspecified atom stereocenters. The number of nitrogens with one attached hydrogen (secondary N) is 1. The first-order valence-electron chi connectivity index (χ1n) is 14.7. The highest BCUT2D eigenvalue weighted by Gasteiger charge is 2.35. The van der Waals surface area contributed by atoms with Crippen LogP contribution >= 0.6 is 0 Å². The highest BCUT2D eigenvalue weighted by Crippen LogP contribution is 2.27. The Morgan fingerprint density at radius 2 is 1.43 bits per heavy atom. The molecule has 4 rings (SSSR count). The fourth-order valence-electron chi connectivity index (χ4n) is 4.92. The van der Waals surface area contributed by atoms with Gasteiger partial charge in [0.1, 0.15) is 18.4 Å². The molecular weight excluding hydrogens is 577 g/mol. The van der Waals surface area contributed by atoms with Gasteiger partial charge in [0.05, 0.1) is 10.6 Å². The van der Waals surface area contributed by atoms with Gasteiger partial charge in [-0.15, -0.1) is 0 Å². The van der Waals surface area contributed by atoms with E-state index >= 15 is 0 Å². The van der Waals surface area contributed by atoms with Gasteiger partial charge in [0.25, 0.3) is 10.0 Å². The van der Waals surface area contributed by atoms with Gasteiger partial charge in [0.15, 0.2) is 0 Å². The van der Waals surface area contributed by atoms with Gasteiger partial charge in [-0.2, -0.15) is 0 Å². The van der Waals surface area contributed by atoms with Gasteiger partial charge < -0.3 is 10.2 Å². The Labute approximate surface area is 259 Å². The normalized spacial score (nSPS) is 11.9. The molecule has 0 aromatic heterocycles. The zero-order valence-electron chi connectivity index (χ0n) is 25.0. The van der Waals surface area contributed by atoms with E-state index in [1.807, 2.05) is 37.3 Å². The Morgan fingerprint density at radius 3 is 2.07 bits per heavy atom. The second kappa shape index (κ2) is 15.3. The number of rotatable bonds is 14. The number of para-hydroxylation sites is 1. The maximum atomic E-state index is 14.4. The molecule has 1 N–H and O–H groups in total. The van der Waals surface area contributed by atoms with Crippen molar-refractivity contribution in [1.82, 2.24) is 10.2 Å². The van der Waals surface area contributed by atoms with E-state index in [2.05, 4.69) is 5.32 Å². The number of anilines is 1. The van der Waals surface area contributed by atoms with Crippen LogP contribution in [0.1, 0.15) is 36.5 Å². The predicted octanol–water partition coefficient (Wildman–Crippen LogP) is 5.89. The van der Waals surface area contributed by atoms with Crippen LogP contribution in [0.5, 0.6) is 0 Å². The third kappa shape index (κ3) is 8.32. The molecule has 0 saturated carbocycles. The van der Waals surface area contributed by atoms with Crippen LogP contribution < -0.4 is 9.62 Å². The Kier molecular flexibility index (Phi) is 11.3. The van der Waals surface area contributed by atoms with E-state index in [1.54, 1.807) is 61.5 Å². The minimum atomic E-state index is -4.17. The minimum Gasteiger partial charge on any atom is -0.354 e. The van der Waals surface area contributed by atoms with Crippen molar-refractivity contribution in [3.05, 3.63) is 132 Å². The molecule has 2 amide bonds. The second-order valence-electron chi connectivity index (χ2n) is 10.6. The summed E-state index contributed by atoms with van der Waals surface area (Å²) in [7, 11) is -4.17. The number of unbranched alkanes of at least 4 members (excludes halogenated alkanes) is 1. The summed E-state index contributed by atoms with van der Waals surface area (Å²) in [6.45, 7) is 3.67. The van der Waals surface area contributed by atoms with Gasteiger partial charge in [-0.05, 0) is 60.4 Å². The summed E-state index contributed by atoms with van der Waals surface area (Å²) < 4.78 is 43.0. The summed E-state index contributed by atoms with van der Waals surface area (Å²) in [5.74, 6) is -1.33. The van der Waals surface area contributed by atoms with Crippen LogP contribution in [0.4, 0.5) is 10.1 Å². The average molecular weight is 616 g/mol. The molecule has 1 atom stereocenters. The number of carbonyl (C=O) groups excluding carboxylic acids is 2. The van der Waals surface area contributed by atoms with Gasteiger partial charge >= 0.3 is 0 Å². The highest BCUT2D eigenvalue weighted by molar-refractivity contribution is 7.92. The van der Waals surface area contributed by atoms with Crippen LogP contribution in [0.25, 0.3) is 0 Å². The minimum absolute atomic E-state index is 0.0230. The molecule has 0 aliphatic heterocycles. The molecular formula is C35H38FN3O4S. The third-order valence-electron chi connectivity index (χ3n) is 7.36. The van der Waals surface area contributed by atoms with Crippen molar-refractivity contribution in [3.63, 3.8) is 0 Å². The lowest BCUT2D eigenvalue weighted by molar-refractivity contribution is -0.140. The Bertz CT molecular complexity index is 1630. The standard InChI is InChI=1S/C35H38FN3O4S/c1-3-4-23-37-35(41)33(24-28-14-7-5-8-15-28)38(25-29-19-21-30(36)22-20-29)34(40)26-39(32-18-12-11-13-27(32)2)44(42,43)31-16-9-6-10-17-31/h5-22,33H,3-4,23-26H2,1-2H3,(H,37,41). The first-order valence-corrected chi connectivity index (χ1v) is 16.1. The Morgan fingerprint density at radius 1 is 0.818 bits per heavy atom. The van der Waals surface area contributed by atoms with Crippen LogP contribution in [0.2, 0.25) is 0 Å². The summed E-state index contributed by atoms with van der Waals surface area (Å²) >= 11 is 0. The molecule has 7 nitrogen and oxygen atoms in total. The Hall–Kier alpha value is -4.50. The zero-order chi connectivity index (χ0) is 31.5. The van der Waals surface area contributed by atoms with E-state index in [1.165, 1.54) is 29.2 Å². The summed E-state index contributed by atoms with van der Waals surface area (Å²) in [6.07, 6.45) is 1.86. The quantitative estimate of drug-likeness (QED) is 0.179.